The minimum atomic E-state index is -0.456. The Morgan fingerprint density at radius 1 is 1.29 bits per heavy atom. The molecule has 0 saturated carbocycles. The van der Waals surface area contributed by atoms with E-state index < -0.39 is 5.92 Å². The Balaban J connectivity index is 2.33. The Morgan fingerprint density at radius 3 is 2.71 bits per heavy atom. The van der Waals surface area contributed by atoms with Gasteiger partial charge in [0.1, 0.15) is 5.92 Å². The monoisotopic (exact) mass is 226 g/mol. The van der Waals surface area contributed by atoms with Gasteiger partial charge in [0, 0.05) is 18.5 Å². The van der Waals surface area contributed by atoms with Crippen LogP contribution in [0.1, 0.15) is 17.2 Å². The summed E-state index contributed by atoms with van der Waals surface area (Å²) >= 11 is 0. The molecule has 0 spiro atoms. The van der Waals surface area contributed by atoms with Crippen LogP contribution in [-0.2, 0) is 0 Å². The molecule has 2 rings (SSSR count). The summed E-state index contributed by atoms with van der Waals surface area (Å²) < 4.78 is 4.92. The molecule has 0 aliphatic carbocycles. The van der Waals surface area contributed by atoms with Crippen LogP contribution in [0.2, 0.25) is 0 Å². The second-order valence-electron chi connectivity index (χ2n) is 3.35. The Labute approximate surface area is 98.7 Å². The van der Waals surface area contributed by atoms with Gasteiger partial charge in [0.05, 0.1) is 18.9 Å². The molecule has 5 nitrogen and oxygen atoms in total. The minimum Gasteiger partial charge on any atom is -0.480 e. The third kappa shape index (κ3) is 2.37. The van der Waals surface area contributed by atoms with E-state index in [-0.39, 0.29) is 0 Å². The van der Waals surface area contributed by atoms with Gasteiger partial charge in [0.25, 0.3) is 0 Å². The first kappa shape index (κ1) is 11.0. The maximum atomic E-state index is 9.18. The first-order valence-corrected chi connectivity index (χ1v) is 5.02. The van der Waals surface area contributed by atoms with Gasteiger partial charge in [-0.3, -0.25) is 4.98 Å². The number of methoxy groups -OCH3 is 1. The fourth-order valence-electron chi connectivity index (χ4n) is 1.45. The zero-order valence-electron chi connectivity index (χ0n) is 9.24. The summed E-state index contributed by atoms with van der Waals surface area (Å²) in [5.41, 5.74) is 1.38. The van der Waals surface area contributed by atoms with Crippen LogP contribution in [0.4, 0.5) is 0 Å². The van der Waals surface area contributed by atoms with E-state index in [0.29, 0.717) is 11.6 Å². The molecule has 0 radical (unpaired) electrons. The summed E-state index contributed by atoms with van der Waals surface area (Å²) in [4.78, 5) is 3.99. The average molecular weight is 226 g/mol. The van der Waals surface area contributed by atoms with Gasteiger partial charge >= 0.3 is 0 Å². The summed E-state index contributed by atoms with van der Waals surface area (Å²) in [6.07, 6.45) is 3.32. The van der Waals surface area contributed by atoms with Crippen LogP contribution in [0.3, 0.4) is 0 Å². The Kier molecular flexibility index (Phi) is 3.26. The van der Waals surface area contributed by atoms with Crippen LogP contribution in [0, 0.1) is 11.3 Å². The summed E-state index contributed by atoms with van der Waals surface area (Å²) in [6, 6.07) is 9.23. The molecular weight excluding hydrogens is 216 g/mol. The number of hydrogen-bond donors (Lipinski definition) is 0. The maximum Gasteiger partial charge on any atom is 0.233 e. The van der Waals surface area contributed by atoms with Crippen molar-refractivity contribution in [3.05, 3.63) is 47.9 Å². The molecular formula is C12H10N4O. The maximum absolute atomic E-state index is 9.18. The van der Waals surface area contributed by atoms with Crippen molar-refractivity contribution >= 4 is 0 Å². The van der Waals surface area contributed by atoms with Crippen LogP contribution >= 0.6 is 0 Å². The molecule has 1 unspecified atom stereocenters. The van der Waals surface area contributed by atoms with Gasteiger partial charge in [-0.2, -0.15) is 10.4 Å². The number of nitriles is 1. The number of aromatic nitrogens is 3. The second-order valence-corrected chi connectivity index (χ2v) is 3.35. The molecule has 0 fully saturated rings. The van der Waals surface area contributed by atoms with E-state index in [1.54, 1.807) is 30.6 Å². The number of nitrogens with zero attached hydrogens (tertiary/aromatic N) is 4. The molecule has 5 heteroatoms. The quantitative estimate of drug-likeness (QED) is 0.793. The van der Waals surface area contributed by atoms with Gasteiger partial charge in [-0.1, -0.05) is 6.07 Å². The van der Waals surface area contributed by atoms with Crippen LogP contribution < -0.4 is 4.74 Å². The Bertz CT molecular complexity index is 518. The molecule has 0 saturated heterocycles. The van der Waals surface area contributed by atoms with E-state index in [2.05, 4.69) is 21.3 Å². The van der Waals surface area contributed by atoms with Crippen molar-refractivity contribution in [2.45, 2.75) is 5.92 Å². The first-order valence-electron chi connectivity index (χ1n) is 5.02. The van der Waals surface area contributed by atoms with E-state index in [4.69, 9.17) is 4.74 Å². The predicted octanol–water partition coefficient (Wildman–Crippen LogP) is 1.54. The molecule has 2 heterocycles. The van der Waals surface area contributed by atoms with E-state index in [9.17, 15) is 5.26 Å². The molecule has 0 aromatic carbocycles. The smallest absolute Gasteiger partial charge is 0.233 e. The summed E-state index contributed by atoms with van der Waals surface area (Å²) in [7, 11) is 1.52. The molecule has 0 bridgehead atoms. The van der Waals surface area contributed by atoms with E-state index in [0.717, 1.165) is 5.56 Å². The fraction of sp³-hybridized carbons (Fsp3) is 0.167. The van der Waals surface area contributed by atoms with Crippen LogP contribution in [0.25, 0.3) is 0 Å². The fourth-order valence-corrected chi connectivity index (χ4v) is 1.45. The van der Waals surface area contributed by atoms with Crippen molar-refractivity contribution in [3.8, 4) is 11.9 Å². The minimum absolute atomic E-state index is 0.427. The number of pyridine rings is 1. The molecule has 2 aromatic heterocycles. The van der Waals surface area contributed by atoms with Gasteiger partial charge < -0.3 is 4.74 Å². The van der Waals surface area contributed by atoms with Crippen LogP contribution in [-0.4, -0.2) is 22.3 Å². The molecule has 0 amide bonds. The summed E-state index contributed by atoms with van der Waals surface area (Å²) in [5.74, 6) is -0.0290. The predicted molar refractivity (Wildman–Crippen MR) is 60.3 cm³/mol. The third-order valence-corrected chi connectivity index (χ3v) is 2.31. The van der Waals surface area contributed by atoms with Crippen molar-refractivity contribution in [3.63, 3.8) is 0 Å². The lowest BCUT2D eigenvalue weighted by Crippen LogP contribution is -2.03. The van der Waals surface area contributed by atoms with Gasteiger partial charge in [0.2, 0.25) is 5.88 Å². The topological polar surface area (TPSA) is 71.7 Å². The zero-order valence-corrected chi connectivity index (χ0v) is 9.24. The molecule has 2 aromatic rings. The lowest BCUT2D eigenvalue weighted by Gasteiger charge is -2.07. The average Bonchev–Trinajstić information content (AvgIpc) is 2.42. The van der Waals surface area contributed by atoms with E-state index >= 15 is 0 Å². The van der Waals surface area contributed by atoms with Crippen molar-refractivity contribution in [2.75, 3.05) is 7.11 Å². The largest absolute Gasteiger partial charge is 0.480 e. The lowest BCUT2D eigenvalue weighted by atomic mass is 9.99. The summed E-state index contributed by atoms with van der Waals surface area (Å²) in [5, 5.41) is 17.0. The van der Waals surface area contributed by atoms with Crippen molar-refractivity contribution in [1.29, 1.82) is 5.26 Å². The highest BCUT2D eigenvalue weighted by Crippen LogP contribution is 2.21. The first-order chi connectivity index (χ1) is 8.35. The van der Waals surface area contributed by atoms with Gasteiger partial charge in [-0.25, -0.2) is 0 Å². The van der Waals surface area contributed by atoms with Gasteiger partial charge in [-0.15, -0.1) is 5.10 Å². The highest BCUT2D eigenvalue weighted by molar-refractivity contribution is 5.32. The number of ether oxygens (including phenoxy) is 1. The second kappa shape index (κ2) is 5.03. The number of rotatable bonds is 3. The standard InChI is InChI=1S/C12H10N4O/c1-17-12-5-4-11(15-16-12)10(7-13)9-3-2-6-14-8-9/h2-6,8,10H,1H3. The van der Waals surface area contributed by atoms with E-state index in [1.165, 1.54) is 7.11 Å². The van der Waals surface area contributed by atoms with Crippen molar-refractivity contribution < 1.29 is 4.74 Å². The highest BCUT2D eigenvalue weighted by atomic mass is 16.5. The Hall–Kier alpha value is -2.48. The van der Waals surface area contributed by atoms with Gasteiger partial charge in [-0.05, 0) is 17.7 Å². The van der Waals surface area contributed by atoms with Crippen LogP contribution in [0.5, 0.6) is 5.88 Å². The molecule has 84 valence electrons. The summed E-state index contributed by atoms with van der Waals surface area (Å²) in [6.45, 7) is 0. The molecule has 1 atom stereocenters. The highest BCUT2D eigenvalue weighted by Gasteiger charge is 2.15. The van der Waals surface area contributed by atoms with Crippen LogP contribution in [0.15, 0.2) is 36.7 Å². The molecule has 17 heavy (non-hydrogen) atoms. The molecule has 0 N–H and O–H groups in total. The normalized spacial score (nSPS) is 11.5. The lowest BCUT2D eigenvalue weighted by molar-refractivity contribution is 0.391. The van der Waals surface area contributed by atoms with Gasteiger partial charge in [0.15, 0.2) is 0 Å². The van der Waals surface area contributed by atoms with Crippen molar-refractivity contribution in [2.24, 2.45) is 0 Å². The SMILES string of the molecule is COc1ccc(C(C#N)c2cccnc2)nn1. The molecule has 0 aliphatic rings. The molecule has 0 aliphatic heterocycles. The van der Waals surface area contributed by atoms with E-state index in [1.807, 2.05) is 6.07 Å². The van der Waals surface area contributed by atoms with Crippen molar-refractivity contribution in [1.82, 2.24) is 15.2 Å². The Morgan fingerprint density at radius 2 is 2.18 bits per heavy atom. The third-order valence-electron chi connectivity index (χ3n) is 2.31. The zero-order chi connectivity index (χ0) is 12.1. The number of hydrogen-bond acceptors (Lipinski definition) is 5.